The number of carbonyl (C=O) groups is 2. The molecule has 1 unspecified atom stereocenters. The first-order chi connectivity index (χ1) is 22.6. The highest BCUT2D eigenvalue weighted by Crippen LogP contribution is 2.50. The molecule has 48 heavy (non-hydrogen) atoms. The minimum Gasteiger partial charge on any atom is -0.542 e. The van der Waals surface area contributed by atoms with Gasteiger partial charge in [-0.15, -0.1) is 0 Å². The SMILES string of the molecule is COc1cc2cc(C(=O)N3CC(CBr)c4c3cc(O[Si](C)(C)C(C)(C)C)c3[nH]c(C)c(C(=O)NCCN(C)C)c43)[nH]c2c(OC)c1OC. The molecular formula is C35H48BrN5O6Si. The highest BCUT2D eigenvalue weighted by Gasteiger charge is 2.42. The highest BCUT2D eigenvalue weighted by molar-refractivity contribution is 9.09. The van der Waals surface area contributed by atoms with Gasteiger partial charge in [-0.3, -0.25) is 9.59 Å². The predicted octanol–water partition coefficient (Wildman–Crippen LogP) is 6.80. The van der Waals surface area contributed by atoms with Gasteiger partial charge in [0.1, 0.15) is 11.4 Å². The first-order valence-corrected chi connectivity index (χ1v) is 20.1. The standard InChI is InChI=1S/C35H48BrN5O6Si/c1-19-26(33(42)37-12-13-40(5)6)28-27-21(17-36)18-41(23(27)16-24(30(28)38-19)47-48(10,11)35(2,3)4)34(43)22-14-20-15-25(44-7)31(45-8)32(46-9)29(20)39-22/h14-16,21,38-39H,12-13,17-18H2,1-11H3,(H,37,42). The first kappa shape index (κ1) is 35.6. The average Bonchev–Trinajstić information content (AvgIpc) is 3.71. The van der Waals surface area contributed by atoms with E-state index in [0.29, 0.717) is 64.7 Å². The predicted molar refractivity (Wildman–Crippen MR) is 198 cm³/mol. The van der Waals surface area contributed by atoms with Crippen LogP contribution in [-0.2, 0) is 0 Å². The molecule has 2 amide bonds. The summed E-state index contributed by atoms with van der Waals surface area (Å²) in [6.45, 7) is 14.5. The number of H-pyrrole nitrogens is 2. The normalized spacial score (nSPS) is 14.9. The monoisotopic (exact) mass is 741 g/mol. The Bertz CT molecular complexity index is 1880. The van der Waals surface area contributed by atoms with Crippen LogP contribution in [0.5, 0.6) is 23.0 Å². The Hall–Kier alpha value is -3.68. The smallest absolute Gasteiger partial charge is 0.274 e. The largest absolute Gasteiger partial charge is 0.542 e. The lowest BCUT2D eigenvalue weighted by Crippen LogP contribution is -2.44. The second-order valence-corrected chi connectivity index (χ2v) is 19.5. The molecule has 260 valence electrons. The number of nitrogens with zero attached hydrogens (tertiary/aromatic N) is 2. The zero-order valence-electron chi connectivity index (χ0n) is 29.9. The van der Waals surface area contributed by atoms with Crippen molar-refractivity contribution in [3.05, 3.63) is 40.7 Å². The third kappa shape index (κ3) is 6.16. The van der Waals surface area contributed by atoms with Crippen molar-refractivity contribution in [2.45, 2.75) is 51.7 Å². The molecular weight excluding hydrogens is 694 g/mol. The number of anilines is 1. The van der Waals surface area contributed by atoms with E-state index in [9.17, 15) is 9.59 Å². The molecule has 2 aromatic heterocycles. The van der Waals surface area contributed by atoms with Gasteiger partial charge in [0.05, 0.1) is 43.6 Å². The number of fused-ring (bicyclic) bond motifs is 4. The van der Waals surface area contributed by atoms with Crippen molar-refractivity contribution in [1.82, 2.24) is 20.2 Å². The molecule has 0 aliphatic carbocycles. The summed E-state index contributed by atoms with van der Waals surface area (Å²) >= 11 is 3.73. The summed E-state index contributed by atoms with van der Waals surface area (Å²) in [5, 5.41) is 5.18. The number of halogens is 1. The number of benzene rings is 2. The van der Waals surface area contributed by atoms with E-state index in [1.807, 2.05) is 38.1 Å². The van der Waals surface area contributed by atoms with Crippen LogP contribution in [-0.4, -0.2) is 95.4 Å². The summed E-state index contributed by atoms with van der Waals surface area (Å²) in [6.07, 6.45) is 0. The Morgan fingerprint density at radius 3 is 2.29 bits per heavy atom. The molecule has 0 saturated carbocycles. The van der Waals surface area contributed by atoms with Gasteiger partial charge in [0.15, 0.2) is 11.5 Å². The number of aryl methyl sites for hydroxylation is 1. The minimum atomic E-state index is -2.34. The lowest BCUT2D eigenvalue weighted by Gasteiger charge is -2.36. The Labute approximate surface area is 291 Å². The number of nitrogens with one attached hydrogen (secondary N) is 3. The van der Waals surface area contributed by atoms with Gasteiger partial charge in [-0.2, -0.15) is 0 Å². The first-order valence-electron chi connectivity index (χ1n) is 16.1. The van der Waals surface area contributed by atoms with Crippen LogP contribution in [0.2, 0.25) is 18.1 Å². The molecule has 13 heteroatoms. The third-order valence-electron chi connectivity index (χ3n) is 9.67. The zero-order valence-corrected chi connectivity index (χ0v) is 32.4. The Morgan fingerprint density at radius 1 is 1.02 bits per heavy atom. The van der Waals surface area contributed by atoms with Crippen molar-refractivity contribution >= 4 is 63.6 Å². The second kappa shape index (κ2) is 13.3. The number of ether oxygens (including phenoxy) is 3. The summed E-state index contributed by atoms with van der Waals surface area (Å²) in [5.41, 5.74) is 4.80. The van der Waals surface area contributed by atoms with E-state index in [4.69, 9.17) is 18.6 Å². The van der Waals surface area contributed by atoms with Crippen molar-refractivity contribution in [3.8, 4) is 23.0 Å². The van der Waals surface area contributed by atoms with E-state index in [-0.39, 0.29) is 22.8 Å². The van der Waals surface area contributed by atoms with Gasteiger partial charge < -0.3 is 43.7 Å². The van der Waals surface area contributed by atoms with Crippen molar-refractivity contribution in [3.63, 3.8) is 0 Å². The van der Waals surface area contributed by atoms with Crippen LogP contribution in [0.4, 0.5) is 5.69 Å². The maximum Gasteiger partial charge on any atom is 0.274 e. The summed E-state index contributed by atoms with van der Waals surface area (Å²) in [5.74, 6) is 1.59. The van der Waals surface area contributed by atoms with Gasteiger partial charge in [0.2, 0.25) is 5.75 Å². The lowest BCUT2D eigenvalue weighted by molar-refractivity contribution is 0.0950. The number of likely N-dealkylation sites (N-methyl/N-ethyl adjacent to an activating group) is 1. The van der Waals surface area contributed by atoms with Crippen LogP contribution < -0.4 is 28.9 Å². The third-order valence-corrected chi connectivity index (χ3v) is 14.8. The van der Waals surface area contributed by atoms with Gasteiger partial charge in [-0.05, 0) is 56.8 Å². The van der Waals surface area contributed by atoms with Gasteiger partial charge in [-0.1, -0.05) is 36.7 Å². The van der Waals surface area contributed by atoms with Crippen LogP contribution in [0.1, 0.15) is 58.8 Å². The quantitative estimate of drug-likeness (QED) is 0.114. The molecule has 0 fully saturated rings. The Kier molecular flexibility index (Phi) is 9.88. The number of alkyl halides is 1. The number of methoxy groups -OCH3 is 3. The van der Waals surface area contributed by atoms with Crippen LogP contribution in [0.15, 0.2) is 18.2 Å². The van der Waals surface area contributed by atoms with E-state index in [1.54, 1.807) is 32.3 Å². The van der Waals surface area contributed by atoms with Crippen molar-refractivity contribution in [2.75, 3.05) is 65.3 Å². The van der Waals surface area contributed by atoms with Crippen LogP contribution in [0.3, 0.4) is 0 Å². The highest BCUT2D eigenvalue weighted by atomic mass is 79.9. The van der Waals surface area contributed by atoms with Gasteiger partial charge in [0.25, 0.3) is 20.1 Å². The molecule has 1 aliphatic heterocycles. The van der Waals surface area contributed by atoms with Gasteiger partial charge in [0, 0.05) is 53.4 Å². The number of aromatic amines is 2. The fourth-order valence-corrected chi connectivity index (χ4v) is 7.67. The summed E-state index contributed by atoms with van der Waals surface area (Å²) < 4.78 is 23.8. The topological polar surface area (TPSA) is 121 Å². The van der Waals surface area contributed by atoms with E-state index >= 15 is 0 Å². The number of amides is 2. The Morgan fingerprint density at radius 2 is 1.71 bits per heavy atom. The number of carbonyl (C=O) groups excluding carboxylic acids is 2. The van der Waals surface area contributed by atoms with Crippen molar-refractivity contribution in [2.24, 2.45) is 0 Å². The van der Waals surface area contributed by atoms with Crippen LogP contribution >= 0.6 is 15.9 Å². The molecule has 2 aromatic carbocycles. The van der Waals surface area contributed by atoms with Crippen molar-refractivity contribution < 1.29 is 28.2 Å². The second-order valence-electron chi connectivity index (χ2n) is 14.2. The molecule has 4 aromatic rings. The summed E-state index contributed by atoms with van der Waals surface area (Å²) in [7, 11) is 6.28. The lowest BCUT2D eigenvalue weighted by atomic mass is 9.95. The number of rotatable bonds is 11. The fraction of sp³-hybridized carbons (Fsp3) is 0.486. The maximum absolute atomic E-state index is 14.5. The van der Waals surface area contributed by atoms with Gasteiger partial charge >= 0.3 is 0 Å². The Balaban J connectivity index is 1.71. The minimum absolute atomic E-state index is 0.0731. The molecule has 11 nitrogen and oxygen atoms in total. The molecule has 0 radical (unpaired) electrons. The molecule has 3 heterocycles. The van der Waals surface area contributed by atoms with E-state index in [0.717, 1.165) is 33.2 Å². The number of aromatic nitrogens is 2. The molecule has 0 bridgehead atoms. The fourth-order valence-electron chi connectivity index (χ4n) is 6.12. The number of hydrogen-bond acceptors (Lipinski definition) is 7. The van der Waals surface area contributed by atoms with E-state index in [1.165, 1.54) is 0 Å². The average molecular weight is 743 g/mol. The molecule has 0 spiro atoms. The number of hydrogen-bond donors (Lipinski definition) is 3. The van der Waals surface area contributed by atoms with Gasteiger partial charge in [-0.25, -0.2) is 0 Å². The van der Waals surface area contributed by atoms with Crippen LogP contribution in [0, 0.1) is 6.92 Å². The molecule has 0 saturated heterocycles. The van der Waals surface area contributed by atoms with Crippen LogP contribution in [0.25, 0.3) is 21.8 Å². The maximum atomic E-state index is 14.5. The van der Waals surface area contributed by atoms with Crippen molar-refractivity contribution in [1.29, 1.82) is 0 Å². The molecule has 3 N–H and O–H groups in total. The molecule has 5 rings (SSSR count). The van der Waals surface area contributed by atoms with E-state index in [2.05, 4.69) is 65.1 Å². The molecule has 1 aliphatic rings. The van der Waals surface area contributed by atoms with E-state index < -0.39 is 8.32 Å². The zero-order chi connectivity index (χ0) is 35.3. The summed E-state index contributed by atoms with van der Waals surface area (Å²) in [4.78, 5) is 39.0. The summed E-state index contributed by atoms with van der Waals surface area (Å²) in [6, 6.07) is 5.61. The molecule has 1 atom stereocenters.